The summed E-state index contributed by atoms with van der Waals surface area (Å²) in [6.45, 7) is 9.32. The van der Waals surface area contributed by atoms with Gasteiger partial charge in [0.2, 0.25) is 0 Å². The molecule has 7 rings (SSSR count). The largest absolute Gasteiger partial charge is 0.456 e. The van der Waals surface area contributed by atoms with Gasteiger partial charge in [-0.25, -0.2) is 9.59 Å². The van der Waals surface area contributed by atoms with Gasteiger partial charge in [0.1, 0.15) is 29.7 Å². The molecule has 2 saturated carbocycles. The number of carbonyl (C=O) groups is 5. The summed E-state index contributed by atoms with van der Waals surface area (Å²) in [7, 11) is 0. The van der Waals surface area contributed by atoms with Crippen LogP contribution < -0.4 is 5.32 Å². The Balaban J connectivity index is 1.34. The first-order valence-electron chi connectivity index (χ1n) is 19.9. The third kappa shape index (κ3) is 6.77. The van der Waals surface area contributed by atoms with E-state index in [0.29, 0.717) is 22.3 Å². The van der Waals surface area contributed by atoms with Crippen molar-refractivity contribution in [1.29, 1.82) is 0 Å². The number of nitrogens with one attached hydrogen (secondary N) is 1. The molecule has 2 bridgehead atoms. The van der Waals surface area contributed by atoms with E-state index in [2.05, 4.69) is 5.32 Å². The molecule has 0 spiro atoms. The molecule has 0 aromatic heterocycles. The van der Waals surface area contributed by atoms with Crippen LogP contribution >= 0.6 is 0 Å². The van der Waals surface area contributed by atoms with Crippen LogP contribution in [0, 0.1) is 22.7 Å². The van der Waals surface area contributed by atoms with E-state index >= 15 is 4.79 Å². The van der Waals surface area contributed by atoms with E-state index in [9.17, 15) is 34.5 Å². The van der Waals surface area contributed by atoms with Gasteiger partial charge in [0.15, 0.2) is 11.7 Å². The summed E-state index contributed by atoms with van der Waals surface area (Å²) < 4.78 is 24.5. The minimum atomic E-state index is -2.19. The molecule has 4 aliphatic rings. The number of hydrogen-bond donors (Lipinski definition) is 4. The van der Waals surface area contributed by atoms with Gasteiger partial charge in [-0.1, -0.05) is 87.5 Å². The first-order chi connectivity index (χ1) is 27.9. The Labute approximate surface area is 342 Å². The minimum absolute atomic E-state index is 0.0700. The zero-order valence-corrected chi connectivity index (χ0v) is 33.9. The fraction of sp³-hybridized carbons (Fsp3) is 0.457. The van der Waals surface area contributed by atoms with Crippen LogP contribution in [0.25, 0.3) is 0 Å². The predicted molar refractivity (Wildman–Crippen MR) is 211 cm³/mol. The fourth-order valence-corrected chi connectivity index (χ4v) is 10.4. The fourth-order valence-electron chi connectivity index (χ4n) is 10.4. The van der Waals surface area contributed by atoms with Crippen LogP contribution in [0.15, 0.2) is 102 Å². The number of carbonyl (C=O) groups excluding carboxylic acids is 5. The van der Waals surface area contributed by atoms with Crippen molar-refractivity contribution in [3.63, 3.8) is 0 Å². The summed E-state index contributed by atoms with van der Waals surface area (Å²) in [6.07, 6.45) is -7.67. The number of amides is 1. The molecule has 1 heterocycles. The smallest absolute Gasteiger partial charge is 0.338 e. The third-order valence-electron chi connectivity index (χ3n) is 13.5. The van der Waals surface area contributed by atoms with Gasteiger partial charge in [-0.3, -0.25) is 14.4 Å². The third-order valence-corrected chi connectivity index (χ3v) is 13.5. The molecule has 1 saturated heterocycles. The zero-order valence-electron chi connectivity index (χ0n) is 33.9. The van der Waals surface area contributed by atoms with Crippen molar-refractivity contribution in [1.82, 2.24) is 5.32 Å². The van der Waals surface area contributed by atoms with Crippen molar-refractivity contribution < 1.29 is 58.2 Å². The average Bonchev–Trinajstić information content (AvgIpc) is 3.21. The number of benzene rings is 3. The summed E-state index contributed by atoms with van der Waals surface area (Å²) in [6, 6.07) is 23.5. The van der Waals surface area contributed by atoms with Crippen LogP contribution in [0.4, 0.5) is 0 Å². The summed E-state index contributed by atoms with van der Waals surface area (Å²) >= 11 is 0. The molecule has 3 fully saturated rings. The molecule has 13 nitrogen and oxygen atoms in total. The molecule has 3 aromatic carbocycles. The van der Waals surface area contributed by atoms with Crippen molar-refractivity contribution in [2.75, 3.05) is 6.61 Å². The molecule has 3 unspecified atom stereocenters. The summed E-state index contributed by atoms with van der Waals surface area (Å²) in [5.41, 5.74) is -5.28. The van der Waals surface area contributed by atoms with Gasteiger partial charge in [-0.2, -0.15) is 0 Å². The average molecular weight is 810 g/mol. The Morgan fingerprint density at radius 1 is 0.881 bits per heavy atom. The molecule has 1 aliphatic heterocycles. The molecule has 59 heavy (non-hydrogen) atoms. The molecular weight excluding hydrogens is 759 g/mol. The molecule has 0 radical (unpaired) electrons. The van der Waals surface area contributed by atoms with E-state index < -0.39 is 106 Å². The first-order valence-corrected chi connectivity index (χ1v) is 19.9. The lowest BCUT2D eigenvalue weighted by atomic mass is 9.43. The number of Topliss-reactive ketones (excluding diaryl/α,β-unsaturated/α-hetero) is 1. The molecule has 11 atom stereocenters. The van der Waals surface area contributed by atoms with E-state index in [1.165, 1.54) is 19.1 Å². The monoisotopic (exact) mass is 809 g/mol. The predicted octanol–water partition coefficient (Wildman–Crippen LogP) is 4.44. The van der Waals surface area contributed by atoms with Gasteiger partial charge in [0, 0.05) is 36.7 Å². The Morgan fingerprint density at radius 3 is 2.02 bits per heavy atom. The van der Waals surface area contributed by atoms with Gasteiger partial charge in [0.25, 0.3) is 5.91 Å². The topological polar surface area (TPSA) is 195 Å². The molecule has 13 heteroatoms. The van der Waals surface area contributed by atoms with Crippen LogP contribution in [0.1, 0.15) is 86.7 Å². The van der Waals surface area contributed by atoms with Crippen molar-refractivity contribution in [2.45, 2.75) is 102 Å². The van der Waals surface area contributed by atoms with Crippen LogP contribution in [0.3, 0.4) is 0 Å². The Bertz CT molecular complexity index is 2160. The van der Waals surface area contributed by atoms with Crippen molar-refractivity contribution in [2.24, 2.45) is 22.7 Å². The number of rotatable bonds is 9. The second-order valence-electron chi connectivity index (χ2n) is 17.1. The van der Waals surface area contributed by atoms with Crippen molar-refractivity contribution in [3.05, 3.63) is 119 Å². The lowest BCUT2D eigenvalue weighted by Crippen LogP contribution is -2.81. The molecule has 3 aliphatic carbocycles. The normalized spacial score (nSPS) is 33.0. The highest BCUT2D eigenvalue weighted by molar-refractivity contribution is 5.95. The van der Waals surface area contributed by atoms with E-state index in [1.807, 2.05) is 0 Å². The van der Waals surface area contributed by atoms with Crippen LogP contribution in [-0.2, 0) is 33.3 Å². The zero-order chi connectivity index (χ0) is 42.7. The van der Waals surface area contributed by atoms with E-state index in [1.54, 1.807) is 113 Å². The molecular formula is C46H51NO12. The van der Waals surface area contributed by atoms with Gasteiger partial charge in [-0.05, 0) is 54.8 Å². The number of ketones is 1. The SMILES string of the molecule is CC(=O)O[C@@]12COC1C[C@H](O)C1(C)C(=O)[C@H](C)C3=C(C)C(OC(=O)[C@H](O)[C@@H](NC(=O)c4ccccc4)c4ccccc4)C[C@@](O)([C@@H](OC(=O)c4ccccc4)[C@@H]12)C3(C)C. The van der Waals surface area contributed by atoms with Crippen LogP contribution in [0.5, 0.6) is 0 Å². The maximum atomic E-state index is 15.2. The molecule has 312 valence electrons. The second kappa shape index (κ2) is 15.4. The number of fused-ring (bicyclic) bond motifs is 5. The maximum absolute atomic E-state index is 15.2. The van der Waals surface area contributed by atoms with Crippen molar-refractivity contribution in [3.8, 4) is 0 Å². The second-order valence-corrected chi connectivity index (χ2v) is 17.1. The van der Waals surface area contributed by atoms with Crippen molar-refractivity contribution >= 4 is 29.6 Å². The Hall–Kier alpha value is -5.21. The summed E-state index contributed by atoms with van der Waals surface area (Å²) in [5, 5.41) is 40.0. The van der Waals surface area contributed by atoms with Gasteiger partial charge >= 0.3 is 17.9 Å². The minimum Gasteiger partial charge on any atom is -0.456 e. The summed E-state index contributed by atoms with van der Waals surface area (Å²) in [4.78, 5) is 69.9. The van der Waals surface area contributed by atoms with Gasteiger partial charge in [0.05, 0.1) is 35.6 Å². The highest BCUT2D eigenvalue weighted by Gasteiger charge is 2.77. The number of aliphatic hydroxyl groups excluding tert-OH is 2. The molecule has 4 N–H and O–H groups in total. The number of aliphatic hydroxyl groups is 3. The first kappa shape index (κ1) is 41.9. The highest BCUT2D eigenvalue weighted by Crippen LogP contribution is 2.65. The number of hydrogen-bond acceptors (Lipinski definition) is 12. The lowest BCUT2D eigenvalue weighted by Gasteiger charge is -2.67. The Morgan fingerprint density at radius 2 is 1.46 bits per heavy atom. The number of ether oxygens (including phenoxy) is 4. The quantitative estimate of drug-likeness (QED) is 0.135. The van der Waals surface area contributed by atoms with Crippen LogP contribution in [-0.4, -0.2) is 93.2 Å². The van der Waals surface area contributed by atoms with E-state index in [0.717, 1.165) is 0 Å². The maximum Gasteiger partial charge on any atom is 0.338 e. The standard InChI is InChI=1S/C46H51NO12/c1-25-31(57-42(54)36(50)35(28-16-10-7-11-17-28)47-40(52)29-18-12-8-13-19-29)23-46(55)39(58-41(53)30-20-14-9-15-21-30)37-44(6,38(51)26(2)34(25)43(46,4)5)32(49)22-33-45(37,24-56-33)59-27(3)48/h7-21,26,31-33,35-37,39,49-50,55H,22-24H2,1-6H3,(H,47,52)/t26-,31?,32+,33?,35+,36-,37+,39+,44?,45+,46-/m1/s1. The lowest BCUT2D eigenvalue weighted by molar-refractivity contribution is -0.345. The number of esters is 3. The summed E-state index contributed by atoms with van der Waals surface area (Å²) in [5.74, 6) is -6.06. The van der Waals surface area contributed by atoms with Gasteiger partial charge in [-0.15, -0.1) is 0 Å². The Kier molecular flexibility index (Phi) is 11.0. The van der Waals surface area contributed by atoms with Gasteiger partial charge < -0.3 is 39.6 Å². The van der Waals surface area contributed by atoms with Crippen LogP contribution in [0.2, 0.25) is 0 Å². The molecule has 1 amide bonds. The molecule has 3 aromatic rings. The highest BCUT2D eigenvalue weighted by atomic mass is 16.6. The van der Waals surface area contributed by atoms with E-state index in [4.69, 9.17) is 18.9 Å². The van der Waals surface area contributed by atoms with E-state index in [-0.39, 0.29) is 18.6 Å².